The number of benzene rings is 1. The molecule has 24 heavy (non-hydrogen) atoms. The third kappa shape index (κ3) is 3.56. The van der Waals surface area contributed by atoms with Gasteiger partial charge in [0.25, 0.3) is 5.92 Å². The van der Waals surface area contributed by atoms with E-state index in [1.165, 1.54) is 6.20 Å². The minimum atomic E-state index is -4.06. The van der Waals surface area contributed by atoms with Crippen molar-refractivity contribution in [1.29, 1.82) is 0 Å². The molecule has 0 amide bonds. The highest BCUT2D eigenvalue weighted by Gasteiger charge is 2.41. The van der Waals surface area contributed by atoms with E-state index in [-0.39, 0.29) is 31.0 Å². The summed E-state index contributed by atoms with van der Waals surface area (Å²) in [5.74, 6) is -4.00. The number of alkyl halides is 2. The van der Waals surface area contributed by atoms with Gasteiger partial charge in [0.05, 0.1) is 6.54 Å². The number of hydrogen-bond donors (Lipinski definition) is 2. The molecule has 0 bridgehead atoms. The molecule has 0 radical (unpaired) electrons. The van der Waals surface area contributed by atoms with Gasteiger partial charge >= 0.3 is 0 Å². The topological polar surface area (TPSA) is 71.2 Å². The van der Waals surface area contributed by atoms with E-state index >= 15 is 0 Å². The predicted octanol–water partition coefficient (Wildman–Crippen LogP) is 3.16. The summed E-state index contributed by atoms with van der Waals surface area (Å²) in [5, 5.41) is 0.855. The number of fused-ring (bicyclic) bond motifs is 1. The largest absolute Gasteiger partial charge is 0.381 e. The number of nitrogens with one attached hydrogen (secondary N) is 2. The van der Waals surface area contributed by atoms with Gasteiger partial charge < -0.3 is 9.72 Å². The van der Waals surface area contributed by atoms with Crippen molar-refractivity contribution >= 4 is 32.5 Å². The van der Waals surface area contributed by atoms with E-state index in [1.807, 2.05) is 4.72 Å². The van der Waals surface area contributed by atoms with Gasteiger partial charge in [-0.15, -0.1) is 0 Å². The number of halogens is 3. The Kier molecular flexibility index (Phi) is 4.83. The van der Waals surface area contributed by atoms with E-state index in [1.54, 1.807) is 18.2 Å². The standard InChI is InChI=1S/C15H17ClF2N2O3S/c16-11-1-2-12-13(7-11)19-8-14(12)24(21,22)20-9-15(17,18)10-3-5-23-6-4-10/h1-2,7-8,10,19-20H,3-6,9H2. The average molecular weight is 379 g/mol. The zero-order valence-electron chi connectivity index (χ0n) is 12.7. The molecular weight excluding hydrogens is 362 g/mol. The van der Waals surface area contributed by atoms with Crippen LogP contribution in [0.2, 0.25) is 5.02 Å². The second kappa shape index (κ2) is 6.59. The Morgan fingerprint density at radius 3 is 2.75 bits per heavy atom. The molecule has 3 rings (SSSR count). The maximum absolute atomic E-state index is 14.2. The van der Waals surface area contributed by atoms with Gasteiger partial charge in [-0.05, 0) is 31.0 Å². The molecule has 1 saturated heterocycles. The van der Waals surface area contributed by atoms with E-state index in [0.29, 0.717) is 15.9 Å². The summed E-state index contributed by atoms with van der Waals surface area (Å²) in [5.41, 5.74) is 0.527. The molecule has 132 valence electrons. The number of aromatic nitrogens is 1. The molecule has 1 fully saturated rings. The van der Waals surface area contributed by atoms with Gasteiger partial charge in [0.1, 0.15) is 4.90 Å². The van der Waals surface area contributed by atoms with Gasteiger partial charge in [-0.2, -0.15) is 0 Å². The molecule has 0 aliphatic carbocycles. The van der Waals surface area contributed by atoms with Crippen LogP contribution in [0.25, 0.3) is 10.9 Å². The number of hydrogen-bond acceptors (Lipinski definition) is 3. The Labute approximate surface area is 143 Å². The number of sulfonamides is 1. The lowest BCUT2D eigenvalue weighted by atomic mass is 9.93. The van der Waals surface area contributed by atoms with Crippen LogP contribution < -0.4 is 4.72 Å². The Hall–Kier alpha value is -1.22. The van der Waals surface area contributed by atoms with E-state index < -0.39 is 28.4 Å². The van der Waals surface area contributed by atoms with E-state index in [4.69, 9.17) is 16.3 Å². The zero-order chi connectivity index (χ0) is 17.4. The van der Waals surface area contributed by atoms with E-state index in [0.717, 1.165) is 0 Å². The minimum Gasteiger partial charge on any atom is -0.381 e. The SMILES string of the molecule is O=S(=O)(NCC(F)(F)C1CCOCC1)c1c[nH]c2cc(Cl)ccc12. The fraction of sp³-hybridized carbons (Fsp3) is 0.467. The first-order valence-corrected chi connectivity index (χ1v) is 9.37. The van der Waals surface area contributed by atoms with E-state index in [9.17, 15) is 17.2 Å². The quantitative estimate of drug-likeness (QED) is 0.839. The van der Waals surface area contributed by atoms with Gasteiger partial charge in [-0.3, -0.25) is 0 Å². The van der Waals surface area contributed by atoms with Gasteiger partial charge in [0.15, 0.2) is 0 Å². The van der Waals surface area contributed by atoms with Gasteiger partial charge in [0, 0.05) is 41.3 Å². The van der Waals surface area contributed by atoms with Gasteiger partial charge in [-0.25, -0.2) is 21.9 Å². The molecule has 1 aliphatic rings. The zero-order valence-corrected chi connectivity index (χ0v) is 14.3. The van der Waals surface area contributed by atoms with Gasteiger partial charge in [0.2, 0.25) is 10.0 Å². The maximum atomic E-state index is 14.2. The molecule has 1 aromatic heterocycles. The summed E-state index contributed by atoms with van der Waals surface area (Å²) in [4.78, 5) is 2.72. The Bertz CT molecular complexity index is 832. The normalized spacial score (nSPS) is 17.5. The molecule has 5 nitrogen and oxygen atoms in total. The highest BCUT2D eigenvalue weighted by molar-refractivity contribution is 7.89. The lowest BCUT2D eigenvalue weighted by Gasteiger charge is -2.30. The number of ether oxygens (including phenoxy) is 1. The van der Waals surface area contributed by atoms with Crippen molar-refractivity contribution in [2.24, 2.45) is 5.92 Å². The molecular formula is C15H17ClF2N2O3S. The van der Waals surface area contributed by atoms with Crippen molar-refractivity contribution in [3.8, 4) is 0 Å². The molecule has 0 saturated carbocycles. The second-order valence-corrected chi connectivity index (χ2v) is 7.99. The molecule has 0 spiro atoms. The molecule has 2 heterocycles. The first-order chi connectivity index (χ1) is 11.3. The first-order valence-electron chi connectivity index (χ1n) is 7.51. The molecule has 1 aromatic carbocycles. The van der Waals surface area contributed by atoms with Crippen LogP contribution in [0.15, 0.2) is 29.3 Å². The van der Waals surface area contributed by atoms with Crippen LogP contribution in [0, 0.1) is 5.92 Å². The third-order valence-electron chi connectivity index (χ3n) is 4.21. The van der Waals surface area contributed by atoms with Gasteiger partial charge in [-0.1, -0.05) is 11.6 Å². The molecule has 9 heteroatoms. The maximum Gasteiger partial charge on any atom is 0.264 e. The summed E-state index contributed by atoms with van der Waals surface area (Å²) in [6.07, 6.45) is 1.72. The fourth-order valence-electron chi connectivity index (χ4n) is 2.83. The summed E-state index contributed by atoms with van der Waals surface area (Å²) < 4.78 is 60.4. The van der Waals surface area contributed by atoms with Crippen LogP contribution in [-0.2, 0) is 14.8 Å². The van der Waals surface area contributed by atoms with Crippen LogP contribution in [0.4, 0.5) is 8.78 Å². The van der Waals surface area contributed by atoms with Crippen molar-refractivity contribution in [2.75, 3.05) is 19.8 Å². The molecule has 2 aromatic rings. The fourth-order valence-corrected chi connectivity index (χ4v) is 4.22. The number of rotatable bonds is 5. The Balaban J connectivity index is 1.77. The lowest BCUT2D eigenvalue weighted by Crippen LogP contribution is -2.43. The summed E-state index contributed by atoms with van der Waals surface area (Å²) in [7, 11) is -4.06. The highest BCUT2D eigenvalue weighted by atomic mass is 35.5. The van der Waals surface area contributed by atoms with Crippen LogP contribution in [0.5, 0.6) is 0 Å². The lowest BCUT2D eigenvalue weighted by molar-refractivity contribution is -0.0906. The van der Waals surface area contributed by atoms with Crippen LogP contribution in [0.3, 0.4) is 0 Å². The van der Waals surface area contributed by atoms with Crippen molar-refractivity contribution in [2.45, 2.75) is 23.7 Å². The molecule has 1 aliphatic heterocycles. The molecule has 0 unspecified atom stereocenters. The van der Waals surface area contributed by atoms with Crippen LogP contribution in [-0.4, -0.2) is 39.1 Å². The van der Waals surface area contributed by atoms with Crippen molar-refractivity contribution in [3.63, 3.8) is 0 Å². The van der Waals surface area contributed by atoms with Crippen LogP contribution >= 0.6 is 11.6 Å². The highest BCUT2D eigenvalue weighted by Crippen LogP contribution is 2.32. The average Bonchev–Trinajstić information content (AvgIpc) is 2.98. The summed E-state index contributed by atoms with van der Waals surface area (Å²) in [6.45, 7) is -0.382. The van der Waals surface area contributed by atoms with Crippen molar-refractivity contribution in [1.82, 2.24) is 9.71 Å². The number of H-pyrrole nitrogens is 1. The van der Waals surface area contributed by atoms with Crippen LogP contribution in [0.1, 0.15) is 12.8 Å². The number of aromatic amines is 1. The summed E-state index contributed by atoms with van der Waals surface area (Å²) in [6, 6.07) is 4.67. The predicted molar refractivity (Wildman–Crippen MR) is 87.0 cm³/mol. The van der Waals surface area contributed by atoms with Crippen molar-refractivity contribution < 1.29 is 21.9 Å². The third-order valence-corrected chi connectivity index (χ3v) is 5.89. The summed E-state index contributed by atoms with van der Waals surface area (Å²) >= 11 is 5.85. The second-order valence-electron chi connectivity index (χ2n) is 5.82. The van der Waals surface area contributed by atoms with E-state index in [2.05, 4.69) is 4.98 Å². The minimum absolute atomic E-state index is 0.0723. The Morgan fingerprint density at radius 1 is 1.33 bits per heavy atom. The molecule has 2 N–H and O–H groups in total. The first kappa shape index (κ1) is 17.6. The monoisotopic (exact) mass is 378 g/mol. The smallest absolute Gasteiger partial charge is 0.264 e. The van der Waals surface area contributed by atoms with Crippen molar-refractivity contribution in [3.05, 3.63) is 29.4 Å². The molecule has 0 atom stereocenters. The Morgan fingerprint density at radius 2 is 2.04 bits per heavy atom.